The Balaban J connectivity index is 2.44. The van der Waals surface area contributed by atoms with Gasteiger partial charge in [0.25, 0.3) is 0 Å². The lowest BCUT2D eigenvalue weighted by Crippen LogP contribution is -2.45. The van der Waals surface area contributed by atoms with Crippen molar-refractivity contribution >= 4 is 11.6 Å². The number of carbonyl (C=O) groups excluding carboxylic acids is 1. The fourth-order valence-corrected chi connectivity index (χ4v) is 1.94. The molecule has 1 aromatic heterocycles. The highest BCUT2D eigenvalue weighted by molar-refractivity contribution is 5.92. The molecular weight excluding hydrogens is 214 g/mol. The van der Waals surface area contributed by atoms with E-state index in [-0.39, 0.29) is 11.9 Å². The molecule has 4 heteroatoms. The Morgan fingerprint density at radius 1 is 1.35 bits per heavy atom. The molecule has 1 unspecified atom stereocenters. The maximum atomic E-state index is 12.0. The number of hydrogen-bond acceptors (Lipinski definition) is 3. The molecule has 0 fully saturated rings. The predicted octanol–water partition coefficient (Wildman–Crippen LogP) is 1.48. The van der Waals surface area contributed by atoms with Crippen molar-refractivity contribution < 1.29 is 4.79 Å². The lowest BCUT2D eigenvalue weighted by atomic mass is 10.1. The zero-order chi connectivity index (χ0) is 12.6. The van der Waals surface area contributed by atoms with Crippen molar-refractivity contribution in [3.8, 4) is 0 Å². The smallest absolute Gasteiger partial charge is 0.249 e. The summed E-state index contributed by atoms with van der Waals surface area (Å²) in [5.74, 6) is 0.111. The Morgan fingerprint density at radius 2 is 2.06 bits per heavy atom. The molecule has 0 saturated carbocycles. The summed E-state index contributed by atoms with van der Waals surface area (Å²) >= 11 is 0. The predicted molar refractivity (Wildman–Crippen MR) is 66.9 cm³/mol. The zero-order valence-corrected chi connectivity index (χ0v) is 10.6. The van der Waals surface area contributed by atoms with Crippen LogP contribution in [0, 0.1) is 6.92 Å². The summed E-state index contributed by atoms with van der Waals surface area (Å²) in [6, 6.07) is 3.80. The van der Waals surface area contributed by atoms with Crippen LogP contribution in [0.1, 0.15) is 18.2 Å². The molecule has 0 bridgehead atoms. The molecule has 0 N–H and O–H groups in total. The fraction of sp³-hybridized carbons (Fsp3) is 0.385. The van der Waals surface area contributed by atoms with E-state index in [0.717, 1.165) is 17.0 Å². The molecule has 1 aliphatic rings. The largest absolute Gasteiger partial charge is 0.367 e. The van der Waals surface area contributed by atoms with Crippen LogP contribution in [-0.2, 0) is 4.79 Å². The van der Waals surface area contributed by atoms with Gasteiger partial charge in [0.2, 0.25) is 5.91 Å². The van der Waals surface area contributed by atoms with Gasteiger partial charge in [0.1, 0.15) is 6.04 Å². The highest BCUT2D eigenvalue weighted by Gasteiger charge is 2.28. The Kier molecular flexibility index (Phi) is 2.88. The molecule has 1 aliphatic heterocycles. The van der Waals surface area contributed by atoms with Gasteiger partial charge in [-0.15, -0.1) is 0 Å². The number of nitrogens with zero attached hydrogens (tertiary/aromatic N) is 3. The van der Waals surface area contributed by atoms with Gasteiger partial charge in [-0.25, -0.2) is 0 Å². The first kappa shape index (κ1) is 11.6. The number of pyridine rings is 1. The van der Waals surface area contributed by atoms with Crippen molar-refractivity contribution in [2.24, 2.45) is 0 Å². The van der Waals surface area contributed by atoms with Crippen LogP contribution in [-0.4, -0.2) is 40.8 Å². The third-order valence-corrected chi connectivity index (χ3v) is 3.18. The van der Waals surface area contributed by atoms with Gasteiger partial charge < -0.3 is 9.80 Å². The van der Waals surface area contributed by atoms with Gasteiger partial charge in [0.05, 0.1) is 5.70 Å². The van der Waals surface area contributed by atoms with Crippen LogP contribution in [0.2, 0.25) is 0 Å². The Hall–Kier alpha value is -1.84. The first-order chi connectivity index (χ1) is 8.00. The summed E-state index contributed by atoms with van der Waals surface area (Å²) in [6.45, 7) is 3.85. The molecule has 0 spiro atoms. The van der Waals surface area contributed by atoms with E-state index >= 15 is 0 Å². The number of hydrogen-bond donors (Lipinski definition) is 0. The van der Waals surface area contributed by atoms with E-state index in [1.165, 1.54) is 0 Å². The summed E-state index contributed by atoms with van der Waals surface area (Å²) < 4.78 is 0. The van der Waals surface area contributed by atoms with Crippen LogP contribution in [0.3, 0.4) is 0 Å². The highest BCUT2D eigenvalue weighted by atomic mass is 16.2. The van der Waals surface area contributed by atoms with E-state index in [4.69, 9.17) is 0 Å². The maximum absolute atomic E-state index is 12.0. The third kappa shape index (κ3) is 2.02. The Labute approximate surface area is 102 Å². The van der Waals surface area contributed by atoms with Gasteiger partial charge in [0, 0.05) is 37.7 Å². The number of aryl methyl sites for hydroxylation is 1. The SMILES string of the molecule is Cc1cc(C2=CN(C)C(C)C(=O)N2C)ccn1. The monoisotopic (exact) mass is 231 g/mol. The minimum absolute atomic E-state index is 0.105. The molecule has 0 radical (unpaired) electrons. The lowest BCUT2D eigenvalue weighted by Gasteiger charge is -2.35. The van der Waals surface area contributed by atoms with Crippen LogP contribution < -0.4 is 0 Å². The van der Waals surface area contributed by atoms with Crippen molar-refractivity contribution in [3.63, 3.8) is 0 Å². The van der Waals surface area contributed by atoms with Crippen LogP contribution in [0.5, 0.6) is 0 Å². The molecule has 0 aromatic carbocycles. The first-order valence-electron chi connectivity index (χ1n) is 5.65. The third-order valence-electron chi connectivity index (χ3n) is 3.18. The van der Waals surface area contributed by atoms with E-state index in [1.54, 1.807) is 11.1 Å². The molecule has 90 valence electrons. The van der Waals surface area contributed by atoms with Crippen molar-refractivity contribution in [3.05, 3.63) is 35.8 Å². The number of amides is 1. The van der Waals surface area contributed by atoms with Crippen LogP contribution in [0.25, 0.3) is 5.70 Å². The van der Waals surface area contributed by atoms with Gasteiger partial charge in [-0.3, -0.25) is 9.78 Å². The van der Waals surface area contributed by atoms with Crippen molar-refractivity contribution in [1.29, 1.82) is 0 Å². The van der Waals surface area contributed by atoms with Crippen molar-refractivity contribution in [2.75, 3.05) is 14.1 Å². The van der Waals surface area contributed by atoms with Gasteiger partial charge in [0.15, 0.2) is 0 Å². The summed E-state index contributed by atoms with van der Waals surface area (Å²) in [5, 5.41) is 0. The molecule has 0 aliphatic carbocycles. The number of likely N-dealkylation sites (N-methyl/N-ethyl adjacent to an activating group) is 2. The Morgan fingerprint density at radius 3 is 2.71 bits per heavy atom. The van der Waals surface area contributed by atoms with Crippen LogP contribution in [0.4, 0.5) is 0 Å². The average molecular weight is 231 g/mol. The van der Waals surface area contributed by atoms with E-state index in [9.17, 15) is 4.79 Å². The van der Waals surface area contributed by atoms with Gasteiger partial charge in [-0.1, -0.05) is 0 Å². The standard InChI is InChI=1S/C13H17N3O/c1-9-7-11(5-6-14-9)12-8-15(3)10(2)13(17)16(12)4/h5-8,10H,1-4H3. The normalized spacial score (nSPS) is 20.6. The van der Waals surface area contributed by atoms with E-state index < -0.39 is 0 Å². The fourth-order valence-electron chi connectivity index (χ4n) is 1.94. The molecule has 17 heavy (non-hydrogen) atoms. The number of aromatic nitrogens is 1. The van der Waals surface area contributed by atoms with E-state index in [2.05, 4.69) is 4.98 Å². The molecular formula is C13H17N3O. The van der Waals surface area contributed by atoms with E-state index in [1.807, 2.05) is 51.2 Å². The van der Waals surface area contributed by atoms with Gasteiger partial charge in [-0.05, 0) is 26.0 Å². The quantitative estimate of drug-likeness (QED) is 0.734. The minimum atomic E-state index is -0.105. The molecule has 2 rings (SSSR count). The summed E-state index contributed by atoms with van der Waals surface area (Å²) in [6.07, 6.45) is 3.77. The molecule has 1 atom stereocenters. The van der Waals surface area contributed by atoms with Crippen molar-refractivity contribution in [2.45, 2.75) is 19.9 Å². The first-order valence-corrected chi connectivity index (χ1v) is 5.65. The second-order valence-corrected chi connectivity index (χ2v) is 4.44. The zero-order valence-electron chi connectivity index (χ0n) is 10.6. The number of rotatable bonds is 1. The maximum Gasteiger partial charge on any atom is 0.249 e. The van der Waals surface area contributed by atoms with Crippen molar-refractivity contribution in [1.82, 2.24) is 14.8 Å². The molecule has 0 saturated heterocycles. The molecule has 4 nitrogen and oxygen atoms in total. The lowest BCUT2D eigenvalue weighted by molar-refractivity contribution is -0.131. The second kappa shape index (κ2) is 4.20. The van der Waals surface area contributed by atoms with E-state index in [0.29, 0.717) is 0 Å². The molecule has 1 amide bonds. The average Bonchev–Trinajstić information content (AvgIpc) is 2.31. The topological polar surface area (TPSA) is 36.4 Å². The summed E-state index contributed by atoms with van der Waals surface area (Å²) in [4.78, 5) is 19.8. The second-order valence-electron chi connectivity index (χ2n) is 4.44. The summed E-state index contributed by atoms with van der Waals surface area (Å²) in [5.41, 5.74) is 2.89. The Bertz CT molecular complexity index is 481. The van der Waals surface area contributed by atoms with Crippen LogP contribution in [0.15, 0.2) is 24.5 Å². The number of carbonyl (C=O) groups is 1. The minimum Gasteiger partial charge on any atom is -0.367 e. The van der Waals surface area contributed by atoms with Gasteiger partial charge >= 0.3 is 0 Å². The molecule has 2 heterocycles. The molecule has 1 aromatic rings. The van der Waals surface area contributed by atoms with Gasteiger partial charge in [-0.2, -0.15) is 0 Å². The summed E-state index contributed by atoms with van der Waals surface area (Å²) in [7, 11) is 3.73. The van der Waals surface area contributed by atoms with Crippen LogP contribution >= 0.6 is 0 Å². The highest BCUT2D eigenvalue weighted by Crippen LogP contribution is 2.24.